The maximum atomic E-state index is 5.86. The fourth-order valence-corrected chi connectivity index (χ4v) is 3.33. The average Bonchev–Trinajstić information content (AvgIpc) is 3.34. The van der Waals surface area contributed by atoms with Crippen molar-refractivity contribution in [2.75, 3.05) is 5.32 Å². The molecule has 0 atom stereocenters. The van der Waals surface area contributed by atoms with Crippen molar-refractivity contribution in [2.45, 2.75) is 13.2 Å². The van der Waals surface area contributed by atoms with Crippen LogP contribution in [0.4, 0.5) is 11.5 Å². The summed E-state index contributed by atoms with van der Waals surface area (Å²) in [5.74, 6) is 2.84. The van der Waals surface area contributed by atoms with E-state index in [2.05, 4.69) is 20.3 Å². The molecule has 0 aliphatic rings. The van der Waals surface area contributed by atoms with Crippen LogP contribution in [0.2, 0.25) is 0 Å². The Morgan fingerprint density at radius 1 is 0.906 bits per heavy atom. The van der Waals surface area contributed by atoms with Crippen LogP contribution in [0.1, 0.15) is 11.3 Å². The molecule has 0 saturated carbocycles. The molecule has 3 N–H and O–H groups in total. The van der Waals surface area contributed by atoms with Gasteiger partial charge in [-0.1, -0.05) is 30.3 Å². The Balaban J connectivity index is 1.35. The Labute approximate surface area is 184 Å². The molecule has 3 aromatic heterocycles. The maximum absolute atomic E-state index is 5.86. The summed E-state index contributed by atoms with van der Waals surface area (Å²) in [6, 6.07) is 23.5. The number of aromatic nitrogens is 3. The number of nitrogens with one attached hydrogen (secondary N) is 1. The van der Waals surface area contributed by atoms with Crippen LogP contribution in [0, 0.1) is 0 Å². The van der Waals surface area contributed by atoms with E-state index in [0.29, 0.717) is 36.2 Å². The average molecular weight is 423 g/mol. The molecule has 0 aliphatic carbocycles. The van der Waals surface area contributed by atoms with E-state index in [0.717, 1.165) is 27.9 Å². The van der Waals surface area contributed by atoms with Crippen LogP contribution in [0.3, 0.4) is 0 Å². The Morgan fingerprint density at radius 3 is 2.53 bits per heavy atom. The molecule has 3 heterocycles. The SMILES string of the molecule is NCc1ccc(-c2cc3c(Nc4ccc(OCc5ccccc5)cc4)ncnc3cn2)o1. The van der Waals surface area contributed by atoms with Gasteiger partial charge in [0.05, 0.1) is 18.3 Å². The monoisotopic (exact) mass is 423 g/mol. The van der Waals surface area contributed by atoms with Gasteiger partial charge in [-0.2, -0.15) is 0 Å². The Kier molecular flexibility index (Phi) is 5.47. The van der Waals surface area contributed by atoms with E-state index in [4.69, 9.17) is 14.9 Å². The zero-order valence-corrected chi connectivity index (χ0v) is 17.2. The van der Waals surface area contributed by atoms with Gasteiger partial charge in [0.25, 0.3) is 0 Å². The number of rotatable bonds is 7. The van der Waals surface area contributed by atoms with Crippen molar-refractivity contribution < 1.29 is 9.15 Å². The third-order valence-electron chi connectivity index (χ3n) is 5.00. The van der Waals surface area contributed by atoms with Crippen LogP contribution in [0.5, 0.6) is 5.75 Å². The van der Waals surface area contributed by atoms with Crippen molar-refractivity contribution in [1.29, 1.82) is 0 Å². The van der Waals surface area contributed by atoms with Gasteiger partial charge in [0.2, 0.25) is 0 Å². The minimum atomic E-state index is 0.342. The summed E-state index contributed by atoms with van der Waals surface area (Å²) < 4.78 is 11.6. The van der Waals surface area contributed by atoms with Crippen molar-refractivity contribution >= 4 is 22.4 Å². The number of ether oxygens (including phenoxy) is 1. The van der Waals surface area contributed by atoms with E-state index in [-0.39, 0.29) is 0 Å². The van der Waals surface area contributed by atoms with Crippen molar-refractivity contribution in [3.05, 3.63) is 96.6 Å². The lowest BCUT2D eigenvalue weighted by Crippen LogP contribution is -1.98. The highest BCUT2D eigenvalue weighted by Gasteiger charge is 2.10. The van der Waals surface area contributed by atoms with Gasteiger partial charge in [-0.15, -0.1) is 0 Å². The number of benzene rings is 2. The van der Waals surface area contributed by atoms with Gasteiger partial charge in [-0.25, -0.2) is 9.97 Å². The zero-order chi connectivity index (χ0) is 21.8. The van der Waals surface area contributed by atoms with Crippen LogP contribution >= 0.6 is 0 Å². The number of nitrogens with two attached hydrogens (primary N) is 1. The molecule has 7 heteroatoms. The highest BCUT2D eigenvalue weighted by atomic mass is 16.5. The molecule has 0 spiro atoms. The smallest absolute Gasteiger partial charge is 0.152 e. The number of hydrogen-bond donors (Lipinski definition) is 2. The summed E-state index contributed by atoms with van der Waals surface area (Å²) in [7, 11) is 0. The molecular weight excluding hydrogens is 402 g/mol. The number of pyridine rings is 1. The number of hydrogen-bond acceptors (Lipinski definition) is 7. The van der Waals surface area contributed by atoms with Gasteiger partial charge >= 0.3 is 0 Å². The lowest BCUT2D eigenvalue weighted by Gasteiger charge is -2.10. The first-order valence-electron chi connectivity index (χ1n) is 10.2. The highest BCUT2D eigenvalue weighted by Crippen LogP contribution is 2.28. The summed E-state index contributed by atoms with van der Waals surface area (Å²) in [5.41, 5.74) is 9.09. The van der Waals surface area contributed by atoms with Crippen molar-refractivity contribution in [1.82, 2.24) is 15.0 Å². The summed E-state index contributed by atoms with van der Waals surface area (Å²) >= 11 is 0. The third-order valence-corrected chi connectivity index (χ3v) is 5.00. The van der Waals surface area contributed by atoms with Crippen molar-refractivity contribution in [3.63, 3.8) is 0 Å². The number of nitrogens with zero attached hydrogens (tertiary/aromatic N) is 3. The van der Waals surface area contributed by atoms with Crippen LogP contribution < -0.4 is 15.8 Å². The normalized spacial score (nSPS) is 10.9. The molecule has 0 aliphatic heterocycles. The second-order valence-corrected chi connectivity index (χ2v) is 7.20. The van der Waals surface area contributed by atoms with Gasteiger partial charge in [0.1, 0.15) is 36.0 Å². The Morgan fingerprint density at radius 2 is 1.75 bits per heavy atom. The van der Waals surface area contributed by atoms with Crippen LogP contribution in [-0.2, 0) is 13.2 Å². The van der Waals surface area contributed by atoms with E-state index in [1.54, 1.807) is 6.20 Å². The standard InChI is InChI=1S/C25H21N5O2/c26-13-20-10-11-24(32-20)22-12-21-23(14-27-22)28-16-29-25(21)30-18-6-8-19(9-7-18)31-15-17-4-2-1-3-5-17/h1-12,14,16H,13,15,26H2,(H,28,29,30). The number of anilines is 2. The summed E-state index contributed by atoms with van der Waals surface area (Å²) in [5, 5.41) is 4.20. The highest BCUT2D eigenvalue weighted by molar-refractivity contribution is 5.92. The number of furan rings is 1. The molecule has 0 amide bonds. The molecule has 0 unspecified atom stereocenters. The topological polar surface area (TPSA) is 99.1 Å². The first-order valence-corrected chi connectivity index (χ1v) is 10.2. The van der Waals surface area contributed by atoms with E-state index < -0.39 is 0 Å². The van der Waals surface area contributed by atoms with Gasteiger partial charge in [0.15, 0.2) is 5.76 Å². The lowest BCUT2D eigenvalue weighted by molar-refractivity contribution is 0.306. The predicted octanol–water partition coefficient (Wildman–Crippen LogP) is 5.07. The molecule has 7 nitrogen and oxygen atoms in total. The molecule has 0 saturated heterocycles. The molecule has 0 bridgehead atoms. The molecule has 0 fully saturated rings. The summed E-state index contributed by atoms with van der Waals surface area (Å²) in [6.45, 7) is 0.868. The molecule has 5 aromatic rings. The van der Waals surface area contributed by atoms with Crippen LogP contribution in [-0.4, -0.2) is 15.0 Å². The van der Waals surface area contributed by atoms with Crippen molar-refractivity contribution in [3.8, 4) is 17.2 Å². The molecule has 2 aromatic carbocycles. The van der Waals surface area contributed by atoms with Crippen LogP contribution in [0.25, 0.3) is 22.4 Å². The fraction of sp³-hybridized carbons (Fsp3) is 0.0800. The predicted molar refractivity (Wildman–Crippen MR) is 123 cm³/mol. The lowest BCUT2D eigenvalue weighted by atomic mass is 10.2. The molecule has 158 valence electrons. The minimum absolute atomic E-state index is 0.342. The van der Waals surface area contributed by atoms with Crippen LogP contribution in [0.15, 0.2) is 89.7 Å². The fourth-order valence-electron chi connectivity index (χ4n) is 3.33. The zero-order valence-electron chi connectivity index (χ0n) is 17.2. The second kappa shape index (κ2) is 8.87. The Hall–Kier alpha value is -4.23. The van der Waals surface area contributed by atoms with Crippen molar-refractivity contribution in [2.24, 2.45) is 5.73 Å². The van der Waals surface area contributed by atoms with Gasteiger partial charge in [-0.3, -0.25) is 4.98 Å². The minimum Gasteiger partial charge on any atom is -0.489 e. The molecule has 5 rings (SSSR count). The first kappa shape index (κ1) is 19.7. The summed E-state index contributed by atoms with van der Waals surface area (Å²) in [6.07, 6.45) is 3.23. The number of fused-ring (bicyclic) bond motifs is 1. The van der Waals surface area contributed by atoms with Gasteiger partial charge in [0, 0.05) is 11.1 Å². The van der Waals surface area contributed by atoms with E-state index >= 15 is 0 Å². The largest absolute Gasteiger partial charge is 0.489 e. The molecule has 32 heavy (non-hydrogen) atoms. The van der Waals surface area contributed by atoms with E-state index in [9.17, 15) is 0 Å². The Bertz CT molecular complexity index is 1330. The summed E-state index contributed by atoms with van der Waals surface area (Å²) in [4.78, 5) is 13.2. The quantitative estimate of drug-likeness (QED) is 0.377. The molecular formula is C25H21N5O2. The molecule has 0 radical (unpaired) electrons. The van der Waals surface area contributed by atoms with E-state index in [1.807, 2.05) is 72.8 Å². The third kappa shape index (κ3) is 4.28. The first-order chi connectivity index (χ1) is 15.8. The van der Waals surface area contributed by atoms with Gasteiger partial charge < -0.3 is 20.2 Å². The second-order valence-electron chi connectivity index (χ2n) is 7.20. The maximum Gasteiger partial charge on any atom is 0.152 e. The van der Waals surface area contributed by atoms with E-state index in [1.165, 1.54) is 6.33 Å². The van der Waals surface area contributed by atoms with Gasteiger partial charge in [-0.05, 0) is 48.0 Å².